The molecule has 0 saturated heterocycles. The van der Waals surface area contributed by atoms with Crippen LogP contribution in [0.4, 0.5) is 5.69 Å². The predicted octanol–water partition coefficient (Wildman–Crippen LogP) is 5.14. The molecule has 0 atom stereocenters. The maximum absolute atomic E-state index is 3.49. The van der Waals surface area contributed by atoms with Crippen LogP contribution in [0.15, 0.2) is 51.8 Å². The molecule has 3 heteroatoms. The number of halogens is 1. The fourth-order valence-corrected chi connectivity index (χ4v) is 3.83. The summed E-state index contributed by atoms with van der Waals surface area (Å²) >= 11 is 5.43. The summed E-state index contributed by atoms with van der Waals surface area (Å²) in [6.45, 7) is 0.984. The first-order chi connectivity index (χ1) is 9.81. The summed E-state index contributed by atoms with van der Waals surface area (Å²) in [6, 6.07) is 15.3. The van der Waals surface area contributed by atoms with Gasteiger partial charge >= 0.3 is 0 Å². The Bertz CT molecular complexity index is 597. The molecule has 2 aromatic carbocycles. The molecule has 0 saturated carbocycles. The Morgan fingerprint density at radius 3 is 2.85 bits per heavy atom. The van der Waals surface area contributed by atoms with Gasteiger partial charge in [0.2, 0.25) is 0 Å². The molecule has 1 aliphatic rings. The Morgan fingerprint density at radius 2 is 1.95 bits per heavy atom. The minimum Gasteiger partial charge on any atom is -0.384 e. The first kappa shape index (κ1) is 14.0. The van der Waals surface area contributed by atoms with Crippen LogP contribution >= 0.6 is 27.7 Å². The van der Waals surface area contributed by atoms with Gasteiger partial charge in [0.05, 0.1) is 0 Å². The minimum atomic E-state index is 0.984. The minimum absolute atomic E-state index is 0.984. The van der Waals surface area contributed by atoms with E-state index in [1.807, 2.05) is 17.8 Å². The highest BCUT2D eigenvalue weighted by molar-refractivity contribution is 9.10. The highest BCUT2D eigenvalue weighted by Crippen LogP contribution is 2.27. The zero-order valence-electron chi connectivity index (χ0n) is 11.4. The van der Waals surface area contributed by atoms with Crippen LogP contribution < -0.4 is 5.32 Å². The average Bonchev–Trinajstić information content (AvgIpc) is 2.91. The van der Waals surface area contributed by atoms with Crippen LogP contribution in [-0.2, 0) is 12.8 Å². The van der Waals surface area contributed by atoms with E-state index in [-0.39, 0.29) is 0 Å². The van der Waals surface area contributed by atoms with Crippen molar-refractivity contribution in [2.24, 2.45) is 0 Å². The summed E-state index contributed by atoms with van der Waals surface area (Å²) in [4.78, 5) is 1.40. The van der Waals surface area contributed by atoms with Gasteiger partial charge in [0, 0.05) is 27.4 Å². The molecular weight excluding hydrogens is 330 g/mol. The van der Waals surface area contributed by atoms with Gasteiger partial charge in [-0.2, -0.15) is 0 Å². The third-order valence-corrected chi connectivity index (χ3v) is 5.08. The Balaban J connectivity index is 1.48. The molecule has 1 aliphatic carbocycles. The predicted molar refractivity (Wildman–Crippen MR) is 91.8 cm³/mol. The van der Waals surface area contributed by atoms with Crippen molar-refractivity contribution < 1.29 is 0 Å². The number of rotatable bonds is 5. The maximum atomic E-state index is 3.49. The Hall–Kier alpha value is -0.930. The molecule has 0 fully saturated rings. The standard InChI is InChI=1S/C17H18BrNS/c18-15-5-2-6-16(12-15)19-9-10-20-17-8-7-13-3-1-4-14(13)11-17/h2,5-8,11-12,19H,1,3-4,9-10H2. The molecule has 0 aromatic heterocycles. The number of anilines is 1. The highest BCUT2D eigenvalue weighted by atomic mass is 79.9. The summed E-state index contributed by atoms with van der Waals surface area (Å²) in [6.07, 6.45) is 3.86. The van der Waals surface area contributed by atoms with Gasteiger partial charge in [-0.1, -0.05) is 28.1 Å². The summed E-state index contributed by atoms with van der Waals surface area (Å²) in [7, 11) is 0. The van der Waals surface area contributed by atoms with Gasteiger partial charge in [-0.05, 0) is 60.7 Å². The second-order valence-corrected chi connectivity index (χ2v) is 7.15. The topological polar surface area (TPSA) is 12.0 Å². The average molecular weight is 348 g/mol. The van der Waals surface area contributed by atoms with Crippen LogP contribution in [0.1, 0.15) is 17.5 Å². The van der Waals surface area contributed by atoms with Crippen molar-refractivity contribution >= 4 is 33.4 Å². The van der Waals surface area contributed by atoms with Crippen LogP contribution in [0.25, 0.3) is 0 Å². The van der Waals surface area contributed by atoms with E-state index in [0.717, 1.165) is 16.8 Å². The van der Waals surface area contributed by atoms with E-state index in [0.29, 0.717) is 0 Å². The highest BCUT2D eigenvalue weighted by Gasteiger charge is 2.10. The van der Waals surface area contributed by atoms with Crippen LogP contribution in [-0.4, -0.2) is 12.3 Å². The zero-order chi connectivity index (χ0) is 13.8. The van der Waals surface area contributed by atoms with E-state index in [2.05, 4.69) is 57.6 Å². The van der Waals surface area contributed by atoms with Crippen molar-refractivity contribution in [1.82, 2.24) is 0 Å². The lowest BCUT2D eigenvalue weighted by molar-refractivity contribution is 0.911. The normalized spacial score (nSPS) is 13.2. The van der Waals surface area contributed by atoms with E-state index in [4.69, 9.17) is 0 Å². The Kier molecular flexibility index (Phi) is 4.69. The molecular formula is C17H18BrNS. The second kappa shape index (κ2) is 6.68. The van der Waals surface area contributed by atoms with Crippen molar-refractivity contribution in [2.75, 3.05) is 17.6 Å². The van der Waals surface area contributed by atoms with Crippen molar-refractivity contribution in [2.45, 2.75) is 24.2 Å². The monoisotopic (exact) mass is 347 g/mol. The van der Waals surface area contributed by atoms with Crippen LogP contribution in [0, 0.1) is 0 Å². The molecule has 0 aliphatic heterocycles. The van der Waals surface area contributed by atoms with E-state index in [9.17, 15) is 0 Å². The lowest BCUT2D eigenvalue weighted by Crippen LogP contribution is -2.03. The smallest absolute Gasteiger partial charge is 0.0351 e. The lowest BCUT2D eigenvalue weighted by atomic mass is 10.1. The summed E-state index contributed by atoms with van der Waals surface area (Å²) < 4.78 is 1.12. The molecule has 0 amide bonds. The molecule has 3 rings (SSSR count). The molecule has 104 valence electrons. The second-order valence-electron chi connectivity index (χ2n) is 5.07. The van der Waals surface area contributed by atoms with E-state index in [1.54, 1.807) is 11.1 Å². The first-order valence-electron chi connectivity index (χ1n) is 7.05. The van der Waals surface area contributed by atoms with E-state index >= 15 is 0 Å². The maximum Gasteiger partial charge on any atom is 0.0351 e. The Morgan fingerprint density at radius 1 is 1.05 bits per heavy atom. The van der Waals surface area contributed by atoms with Gasteiger partial charge in [0.25, 0.3) is 0 Å². The van der Waals surface area contributed by atoms with Gasteiger partial charge in [0.1, 0.15) is 0 Å². The van der Waals surface area contributed by atoms with Gasteiger partial charge in [-0.3, -0.25) is 0 Å². The van der Waals surface area contributed by atoms with E-state index < -0.39 is 0 Å². The quantitative estimate of drug-likeness (QED) is 0.593. The molecule has 0 bridgehead atoms. The fraction of sp³-hybridized carbons (Fsp3) is 0.294. The van der Waals surface area contributed by atoms with Crippen LogP contribution in [0.2, 0.25) is 0 Å². The number of nitrogens with one attached hydrogen (secondary N) is 1. The summed E-state index contributed by atoms with van der Waals surface area (Å²) in [5.74, 6) is 1.09. The largest absolute Gasteiger partial charge is 0.384 e. The molecule has 0 spiro atoms. The lowest BCUT2D eigenvalue weighted by Gasteiger charge is -2.08. The number of fused-ring (bicyclic) bond motifs is 1. The number of aryl methyl sites for hydroxylation is 2. The number of hydrogen-bond donors (Lipinski definition) is 1. The molecule has 0 heterocycles. The number of benzene rings is 2. The van der Waals surface area contributed by atoms with E-state index in [1.165, 1.54) is 29.8 Å². The van der Waals surface area contributed by atoms with Crippen molar-refractivity contribution in [3.8, 4) is 0 Å². The third kappa shape index (κ3) is 3.58. The summed E-state index contributed by atoms with van der Waals surface area (Å²) in [5, 5.41) is 3.46. The first-order valence-corrected chi connectivity index (χ1v) is 8.83. The molecule has 0 unspecified atom stereocenters. The van der Waals surface area contributed by atoms with Crippen LogP contribution in [0.5, 0.6) is 0 Å². The zero-order valence-corrected chi connectivity index (χ0v) is 13.8. The van der Waals surface area contributed by atoms with Gasteiger partial charge < -0.3 is 5.32 Å². The molecule has 1 N–H and O–H groups in total. The summed E-state index contributed by atoms with van der Waals surface area (Å²) in [5.41, 5.74) is 4.30. The van der Waals surface area contributed by atoms with Crippen molar-refractivity contribution in [3.05, 3.63) is 58.1 Å². The van der Waals surface area contributed by atoms with Crippen molar-refractivity contribution in [3.63, 3.8) is 0 Å². The Labute approximate surface area is 133 Å². The van der Waals surface area contributed by atoms with Gasteiger partial charge in [0.15, 0.2) is 0 Å². The molecule has 1 nitrogen and oxygen atoms in total. The molecule has 0 radical (unpaired) electrons. The SMILES string of the molecule is Brc1cccc(NCCSc2ccc3c(c2)CCC3)c1. The van der Waals surface area contributed by atoms with Gasteiger partial charge in [-0.25, -0.2) is 0 Å². The number of thioether (sulfide) groups is 1. The fourth-order valence-electron chi connectivity index (χ4n) is 2.60. The molecule has 20 heavy (non-hydrogen) atoms. The molecule has 2 aromatic rings. The van der Waals surface area contributed by atoms with Crippen LogP contribution in [0.3, 0.4) is 0 Å². The van der Waals surface area contributed by atoms with Gasteiger partial charge in [-0.15, -0.1) is 11.8 Å². The van der Waals surface area contributed by atoms with Crippen molar-refractivity contribution in [1.29, 1.82) is 0 Å². The number of hydrogen-bond acceptors (Lipinski definition) is 2. The third-order valence-electron chi connectivity index (χ3n) is 3.59.